The van der Waals surface area contributed by atoms with Gasteiger partial charge in [-0.2, -0.15) is 0 Å². The minimum Gasteiger partial charge on any atom is -0.266 e. The maximum Gasteiger partial charge on any atom is 0.280 e. The Labute approximate surface area is 121 Å². The van der Waals surface area contributed by atoms with Gasteiger partial charge in [0.15, 0.2) is 0 Å². The van der Waals surface area contributed by atoms with Crippen LogP contribution in [0.4, 0.5) is 0 Å². The smallest absolute Gasteiger partial charge is 0.266 e. The number of benzene rings is 1. The van der Waals surface area contributed by atoms with Crippen LogP contribution >= 0.6 is 11.3 Å². The zero-order valence-corrected chi connectivity index (χ0v) is 12.2. The number of nitrogens with one attached hydrogen (secondary N) is 1. The molecule has 0 fully saturated rings. The van der Waals surface area contributed by atoms with Crippen LogP contribution in [-0.4, -0.2) is 15.6 Å². The lowest BCUT2D eigenvalue weighted by atomic mass is 10.2. The summed E-state index contributed by atoms with van der Waals surface area (Å²) in [5, 5.41) is 0. The number of thiophene rings is 1. The van der Waals surface area contributed by atoms with Crippen LogP contribution in [0.25, 0.3) is 11.0 Å². The van der Waals surface area contributed by atoms with Gasteiger partial charge in [0.1, 0.15) is 6.33 Å². The molecule has 20 heavy (non-hydrogen) atoms. The number of para-hydroxylation sites is 2. The summed E-state index contributed by atoms with van der Waals surface area (Å²) in [7, 11) is 0. The summed E-state index contributed by atoms with van der Waals surface area (Å²) < 4.78 is 1.67. The SMILES string of the molecule is CCc1sc(C(=O)Nn2cnc3ccccc32)cc1C. The molecule has 5 heteroatoms. The predicted octanol–water partition coefficient (Wildman–Crippen LogP) is 3.35. The normalized spacial score (nSPS) is 10.9. The fourth-order valence-corrected chi connectivity index (χ4v) is 3.20. The molecule has 0 spiro atoms. The van der Waals surface area contributed by atoms with E-state index in [1.165, 1.54) is 10.4 Å². The summed E-state index contributed by atoms with van der Waals surface area (Å²) >= 11 is 1.55. The van der Waals surface area contributed by atoms with Gasteiger partial charge >= 0.3 is 0 Å². The Bertz CT molecular complexity index is 772. The average molecular weight is 285 g/mol. The summed E-state index contributed by atoms with van der Waals surface area (Å²) in [4.78, 5) is 18.5. The lowest BCUT2D eigenvalue weighted by molar-refractivity contribution is 0.101. The van der Waals surface area contributed by atoms with Gasteiger partial charge in [-0.05, 0) is 37.1 Å². The van der Waals surface area contributed by atoms with Gasteiger partial charge in [0.05, 0.1) is 15.9 Å². The maximum absolute atomic E-state index is 12.3. The average Bonchev–Trinajstić information content (AvgIpc) is 3.03. The van der Waals surface area contributed by atoms with Crippen molar-refractivity contribution in [1.82, 2.24) is 9.66 Å². The molecule has 0 aliphatic rings. The van der Waals surface area contributed by atoms with Gasteiger partial charge in [-0.15, -0.1) is 11.3 Å². The van der Waals surface area contributed by atoms with Crippen molar-refractivity contribution >= 4 is 28.3 Å². The van der Waals surface area contributed by atoms with Crippen molar-refractivity contribution in [2.24, 2.45) is 0 Å². The molecule has 3 rings (SSSR count). The van der Waals surface area contributed by atoms with Gasteiger partial charge < -0.3 is 0 Å². The van der Waals surface area contributed by atoms with Crippen molar-refractivity contribution in [3.05, 3.63) is 52.0 Å². The fraction of sp³-hybridized carbons (Fsp3) is 0.200. The fourth-order valence-electron chi connectivity index (χ4n) is 2.20. The Morgan fingerprint density at radius 2 is 2.20 bits per heavy atom. The molecule has 0 aliphatic carbocycles. The molecule has 0 atom stereocenters. The summed E-state index contributed by atoms with van der Waals surface area (Å²) in [6.07, 6.45) is 2.58. The van der Waals surface area contributed by atoms with Gasteiger partial charge in [-0.3, -0.25) is 10.2 Å². The highest BCUT2D eigenvalue weighted by atomic mass is 32.1. The predicted molar refractivity (Wildman–Crippen MR) is 81.9 cm³/mol. The highest BCUT2D eigenvalue weighted by molar-refractivity contribution is 7.14. The zero-order valence-electron chi connectivity index (χ0n) is 11.4. The molecule has 0 aliphatic heterocycles. The van der Waals surface area contributed by atoms with Crippen LogP contribution in [0.3, 0.4) is 0 Å². The largest absolute Gasteiger partial charge is 0.280 e. The highest BCUT2D eigenvalue weighted by Gasteiger charge is 2.12. The van der Waals surface area contributed by atoms with Gasteiger partial charge in [0.2, 0.25) is 0 Å². The topological polar surface area (TPSA) is 46.9 Å². The minimum atomic E-state index is -0.0963. The molecule has 0 saturated carbocycles. The molecule has 0 saturated heterocycles. The third-order valence-electron chi connectivity index (χ3n) is 3.24. The van der Waals surface area contributed by atoms with Crippen LogP contribution < -0.4 is 5.43 Å². The number of amides is 1. The van der Waals surface area contributed by atoms with E-state index in [2.05, 4.69) is 17.3 Å². The Hall–Kier alpha value is -2.14. The van der Waals surface area contributed by atoms with Crippen LogP contribution in [0.1, 0.15) is 27.0 Å². The number of carbonyl (C=O) groups is 1. The highest BCUT2D eigenvalue weighted by Crippen LogP contribution is 2.22. The summed E-state index contributed by atoms with van der Waals surface area (Å²) in [6.45, 7) is 4.14. The van der Waals surface area contributed by atoms with E-state index in [9.17, 15) is 4.79 Å². The second-order valence-electron chi connectivity index (χ2n) is 4.61. The van der Waals surface area contributed by atoms with Gasteiger partial charge in [-0.1, -0.05) is 19.1 Å². The number of rotatable bonds is 3. The van der Waals surface area contributed by atoms with Crippen molar-refractivity contribution < 1.29 is 4.79 Å². The Balaban J connectivity index is 1.88. The van der Waals surface area contributed by atoms with Crippen molar-refractivity contribution in [3.8, 4) is 0 Å². The van der Waals surface area contributed by atoms with Crippen molar-refractivity contribution in [2.75, 3.05) is 5.43 Å². The molecule has 102 valence electrons. The van der Waals surface area contributed by atoms with E-state index in [1.54, 1.807) is 22.3 Å². The molecule has 2 heterocycles. The minimum absolute atomic E-state index is 0.0963. The number of nitrogens with zero attached hydrogens (tertiary/aromatic N) is 2. The number of carbonyl (C=O) groups excluding carboxylic acids is 1. The summed E-state index contributed by atoms with van der Waals surface area (Å²) in [5.41, 5.74) is 5.81. The molecule has 2 aromatic heterocycles. The van der Waals surface area contributed by atoms with Crippen LogP contribution in [0.15, 0.2) is 36.7 Å². The maximum atomic E-state index is 12.3. The molecule has 1 aromatic carbocycles. The van der Waals surface area contributed by atoms with Crippen LogP contribution in [0.2, 0.25) is 0 Å². The molecular weight excluding hydrogens is 270 g/mol. The standard InChI is InChI=1S/C15H15N3OS/c1-3-13-10(2)8-14(20-13)15(19)17-18-9-16-11-6-4-5-7-12(11)18/h4-9H,3H2,1-2H3,(H,17,19). The lowest BCUT2D eigenvalue weighted by Crippen LogP contribution is -2.21. The number of fused-ring (bicyclic) bond motifs is 1. The Morgan fingerprint density at radius 3 is 2.95 bits per heavy atom. The van der Waals surface area contributed by atoms with E-state index in [0.717, 1.165) is 22.3 Å². The number of imidazole rings is 1. The quantitative estimate of drug-likeness (QED) is 0.802. The molecule has 1 N–H and O–H groups in total. The second-order valence-corrected chi connectivity index (χ2v) is 5.75. The van der Waals surface area contributed by atoms with E-state index in [0.29, 0.717) is 0 Å². The molecule has 1 amide bonds. The first-order chi connectivity index (χ1) is 9.69. The monoisotopic (exact) mass is 285 g/mol. The van der Waals surface area contributed by atoms with Crippen LogP contribution in [-0.2, 0) is 6.42 Å². The van der Waals surface area contributed by atoms with Crippen molar-refractivity contribution in [1.29, 1.82) is 0 Å². The van der Waals surface area contributed by atoms with Crippen LogP contribution in [0, 0.1) is 6.92 Å². The summed E-state index contributed by atoms with van der Waals surface area (Å²) in [5.74, 6) is -0.0963. The zero-order chi connectivity index (χ0) is 14.1. The van der Waals surface area contributed by atoms with E-state index >= 15 is 0 Å². The third kappa shape index (κ3) is 2.20. The molecule has 0 unspecified atom stereocenters. The molecule has 0 radical (unpaired) electrons. The second kappa shape index (κ2) is 5.09. The number of hydrogen-bond donors (Lipinski definition) is 1. The molecule has 0 bridgehead atoms. The molecular formula is C15H15N3OS. The molecule has 4 nitrogen and oxygen atoms in total. The number of aromatic nitrogens is 2. The van der Waals surface area contributed by atoms with Gasteiger partial charge in [0, 0.05) is 4.88 Å². The van der Waals surface area contributed by atoms with Gasteiger partial charge in [0.25, 0.3) is 5.91 Å². The summed E-state index contributed by atoms with van der Waals surface area (Å²) in [6, 6.07) is 9.65. The van der Waals surface area contributed by atoms with E-state index in [-0.39, 0.29) is 5.91 Å². The third-order valence-corrected chi connectivity index (χ3v) is 4.62. The van der Waals surface area contributed by atoms with Crippen LogP contribution in [0.5, 0.6) is 0 Å². The Morgan fingerprint density at radius 1 is 1.40 bits per heavy atom. The number of hydrogen-bond acceptors (Lipinski definition) is 3. The first kappa shape index (κ1) is 12.9. The first-order valence-electron chi connectivity index (χ1n) is 6.51. The molecule has 3 aromatic rings. The Kier molecular flexibility index (Phi) is 3.28. The van der Waals surface area contributed by atoms with E-state index in [4.69, 9.17) is 0 Å². The van der Waals surface area contributed by atoms with Crippen molar-refractivity contribution in [3.63, 3.8) is 0 Å². The van der Waals surface area contributed by atoms with Gasteiger partial charge in [-0.25, -0.2) is 9.66 Å². The first-order valence-corrected chi connectivity index (χ1v) is 7.33. The van der Waals surface area contributed by atoms with E-state index < -0.39 is 0 Å². The lowest BCUT2D eigenvalue weighted by Gasteiger charge is -2.05. The van der Waals surface area contributed by atoms with Crippen molar-refractivity contribution in [2.45, 2.75) is 20.3 Å². The van der Waals surface area contributed by atoms with E-state index in [1.807, 2.05) is 37.3 Å². The number of aryl methyl sites for hydroxylation is 2.